The first-order chi connectivity index (χ1) is 6.15. The molecule has 0 amide bonds. The van der Waals surface area contributed by atoms with E-state index in [1.807, 2.05) is 6.92 Å². The molecule has 1 aromatic carbocycles. The second kappa shape index (κ2) is 4.51. The van der Waals surface area contributed by atoms with E-state index in [0.29, 0.717) is 16.5 Å². The van der Waals surface area contributed by atoms with Crippen molar-refractivity contribution in [2.24, 2.45) is 0 Å². The van der Waals surface area contributed by atoms with E-state index in [0.717, 1.165) is 6.42 Å². The summed E-state index contributed by atoms with van der Waals surface area (Å²) < 4.78 is 13.1. The van der Waals surface area contributed by atoms with E-state index in [-0.39, 0.29) is 11.6 Å². The number of hydrogen-bond donors (Lipinski definition) is 0. The third-order valence-corrected chi connectivity index (χ3v) is 2.33. The molecule has 13 heavy (non-hydrogen) atoms. The van der Waals surface area contributed by atoms with Crippen LogP contribution in [0.1, 0.15) is 30.1 Å². The molecule has 0 spiro atoms. The lowest BCUT2D eigenvalue weighted by atomic mass is 10.1. The van der Waals surface area contributed by atoms with Gasteiger partial charge in [0.1, 0.15) is 5.82 Å². The Morgan fingerprint density at radius 3 is 2.77 bits per heavy atom. The Morgan fingerprint density at radius 1 is 1.54 bits per heavy atom. The summed E-state index contributed by atoms with van der Waals surface area (Å²) in [6.07, 6.45) is 1.33. The van der Waals surface area contributed by atoms with Crippen molar-refractivity contribution in [3.63, 3.8) is 0 Å². The van der Waals surface area contributed by atoms with Crippen LogP contribution in [0.2, 0.25) is 0 Å². The van der Waals surface area contributed by atoms with Crippen molar-refractivity contribution >= 4 is 21.7 Å². The van der Waals surface area contributed by atoms with E-state index in [1.54, 1.807) is 0 Å². The monoisotopic (exact) mass is 244 g/mol. The van der Waals surface area contributed by atoms with E-state index in [9.17, 15) is 9.18 Å². The Kier molecular flexibility index (Phi) is 3.60. The maximum Gasteiger partial charge on any atom is 0.162 e. The first-order valence-corrected chi connectivity index (χ1v) is 4.92. The van der Waals surface area contributed by atoms with Gasteiger partial charge in [0.15, 0.2) is 5.78 Å². The Morgan fingerprint density at radius 2 is 2.23 bits per heavy atom. The molecular formula is C10H10BrFO. The molecule has 0 N–H and O–H groups in total. The normalized spacial score (nSPS) is 10.1. The third kappa shape index (κ3) is 2.62. The van der Waals surface area contributed by atoms with Gasteiger partial charge in [-0.2, -0.15) is 0 Å². The average Bonchev–Trinajstić information content (AvgIpc) is 2.10. The molecule has 0 heterocycles. The highest BCUT2D eigenvalue weighted by molar-refractivity contribution is 9.10. The van der Waals surface area contributed by atoms with Crippen LogP contribution in [0.3, 0.4) is 0 Å². The highest BCUT2D eigenvalue weighted by atomic mass is 79.9. The Labute approximate surface area is 85.1 Å². The van der Waals surface area contributed by atoms with Crippen molar-refractivity contribution in [1.29, 1.82) is 0 Å². The largest absolute Gasteiger partial charge is 0.294 e. The molecule has 0 fully saturated rings. The smallest absolute Gasteiger partial charge is 0.162 e. The fourth-order valence-electron chi connectivity index (χ4n) is 1.04. The molecule has 0 saturated carbocycles. The van der Waals surface area contributed by atoms with E-state index in [1.165, 1.54) is 18.2 Å². The average molecular weight is 245 g/mol. The van der Waals surface area contributed by atoms with Crippen LogP contribution < -0.4 is 0 Å². The van der Waals surface area contributed by atoms with Gasteiger partial charge in [-0.05, 0) is 40.5 Å². The standard InChI is InChI=1S/C10H10BrFO/c1-2-3-10(13)7-4-5-9(12)8(11)6-7/h4-6H,2-3H2,1H3. The summed E-state index contributed by atoms with van der Waals surface area (Å²) in [4.78, 5) is 11.4. The van der Waals surface area contributed by atoms with Crippen molar-refractivity contribution in [3.05, 3.63) is 34.1 Å². The fraction of sp³-hybridized carbons (Fsp3) is 0.300. The van der Waals surface area contributed by atoms with Crippen molar-refractivity contribution in [2.75, 3.05) is 0 Å². The maximum absolute atomic E-state index is 12.8. The lowest BCUT2D eigenvalue weighted by Gasteiger charge is -2.00. The van der Waals surface area contributed by atoms with Gasteiger partial charge in [-0.15, -0.1) is 0 Å². The lowest BCUT2D eigenvalue weighted by molar-refractivity contribution is 0.0981. The number of hydrogen-bond acceptors (Lipinski definition) is 1. The number of ketones is 1. The zero-order valence-corrected chi connectivity index (χ0v) is 8.90. The van der Waals surface area contributed by atoms with Gasteiger partial charge in [-0.25, -0.2) is 4.39 Å². The molecule has 0 radical (unpaired) electrons. The minimum absolute atomic E-state index is 0.0585. The van der Waals surface area contributed by atoms with Gasteiger partial charge in [0.05, 0.1) is 4.47 Å². The number of benzene rings is 1. The second-order valence-corrected chi connectivity index (χ2v) is 3.66. The molecule has 3 heteroatoms. The molecule has 70 valence electrons. The van der Waals surface area contributed by atoms with Crippen LogP contribution in [0.5, 0.6) is 0 Å². The van der Waals surface area contributed by atoms with Gasteiger partial charge in [0.25, 0.3) is 0 Å². The Balaban J connectivity index is 2.90. The van der Waals surface area contributed by atoms with E-state index in [4.69, 9.17) is 0 Å². The molecule has 0 unspecified atom stereocenters. The van der Waals surface area contributed by atoms with E-state index >= 15 is 0 Å². The molecule has 0 aromatic heterocycles. The maximum atomic E-state index is 12.8. The Bertz CT molecular complexity index is 323. The number of Topliss-reactive ketones (excluding diaryl/α,β-unsaturated/α-hetero) is 1. The van der Waals surface area contributed by atoms with Crippen LogP contribution in [-0.2, 0) is 0 Å². The molecule has 1 aromatic rings. The molecule has 0 aliphatic carbocycles. The van der Waals surface area contributed by atoms with Gasteiger partial charge in [0, 0.05) is 12.0 Å². The molecular weight excluding hydrogens is 235 g/mol. The predicted molar refractivity (Wildman–Crippen MR) is 53.3 cm³/mol. The zero-order chi connectivity index (χ0) is 9.84. The minimum Gasteiger partial charge on any atom is -0.294 e. The topological polar surface area (TPSA) is 17.1 Å². The first kappa shape index (κ1) is 10.4. The van der Waals surface area contributed by atoms with Crippen molar-refractivity contribution in [2.45, 2.75) is 19.8 Å². The van der Waals surface area contributed by atoms with Gasteiger partial charge >= 0.3 is 0 Å². The molecule has 0 bridgehead atoms. The van der Waals surface area contributed by atoms with Crippen LogP contribution in [0.15, 0.2) is 22.7 Å². The minimum atomic E-state index is -0.340. The van der Waals surface area contributed by atoms with Crippen LogP contribution in [-0.4, -0.2) is 5.78 Å². The fourth-order valence-corrected chi connectivity index (χ4v) is 1.42. The first-order valence-electron chi connectivity index (χ1n) is 4.13. The molecule has 0 saturated heterocycles. The molecule has 0 atom stereocenters. The summed E-state index contributed by atoms with van der Waals surface area (Å²) >= 11 is 3.04. The summed E-state index contributed by atoms with van der Waals surface area (Å²) in [6.45, 7) is 1.94. The summed E-state index contributed by atoms with van der Waals surface area (Å²) in [6, 6.07) is 4.33. The summed E-state index contributed by atoms with van der Waals surface area (Å²) in [7, 11) is 0. The van der Waals surface area contributed by atoms with Crippen LogP contribution in [0, 0.1) is 5.82 Å². The van der Waals surface area contributed by atoms with Gasteiger partial charge in [-0.1, -0.05) is 6.92 Å². The van der Waals surface area contributed by atoms with Crippen LogP contribution >= 0.6 is 15.9 Å². The summed E-state index contributed by atoms with van der Waals surface area (Å²) in [5, 5.41) is 0. The summed E-state index contributed by atoms with van der Waals surface area (Å²) in [5.74, 6) is -0.281. The van der Waals surface area contributed by atoms with Crippen LogP contribution in [0.4, 0.5) is 4.39 Å². The molecule has 0 aliphatic heterocycles. The van der Waals surface area contributed by atoms with Crippen molar-refractivity contribution in [1.82, 2.24) is 0 Å². The lowest BCUT2D eigenvalue weighted by Crippen LogP contribution is -1.98. The highest BCUT2D eigenvalue weighted by Gasteiger charge is 2.06. The summed E-state index contributed by atoms with van der Waals surface area (Å²) in [5.41, 5.74) is 0.565. The van der Waals surface area contributed by atoms with Crippen molar-refractivity contribution in [3.8, 4) is 0 Å². The Hall–Kier alpha value is -0.700. The molecule has 0 aliphatic rings. The van der Waals surface area contributed by atoms with E-state index < -0.39 is 0 Å². The number of carbonyl (C=O) groups excluding carboxylic acids is 1. The van der Waals surface area contributed by atoms with Gasteiger partial charge < -0.3 is 0 Å². The second-order valence-electron chi connectivity index (χ2n) is 2.80. The number of carbonyl (C=O) groups is 1. The van der Waals surface area contributed by atoms with Crippen molar-refractivity contribution < 1.29 is 9.18 Å². The SMILES string of the molecule is CCCC(=O)c1ccc(F)c(Br)c1. The predicted octanol–water partition coefficient (Wildman–Crippen LogP) is 3.57. The molecule has 1 rings (SSSR count). The zero-order valence-electron chi connectivity index (χ0n) is 7.31. The number of rotatable bonds is 3. The highest BCUT2D eigenvalue weighted by Crippen LogP contribution is 2.17. The quantitative estimate of drug-likeness (QED) is 0.744. The van der Waals surface area contributed by atoms with Gasteiger partial charge in [-0.3, -0.25) is 4.79 Å². The molecule has 1 nitrogen and oxygen atoms in total. The third-order valence-electron chi connectivity index (χ3n) is 1.72. The van der Waals surface area contributed by atoms with E-state index in [2.05, 4.69) is 15.9 Å². The van der Waals surface area contributed by atoms with Crippen LogP contribution in [0.25, 0.3) is 0 Å². The number of halogens is 2. The van der Waals surface area contributed by atoms with Gasteiger partial charge in [0.2, 0.25) is 0 Å².